The van der Waals surface area contributed by atoms with Crippen molar-refractivity contribution in [2.75, 3.05) is 0 Å². The molecule has 226 valence electrons. The van der Waals surface area contributed by atoms with Crippen LogP contribution in [-0.4, -0.2) is 26.3 Å². The van der Waals surface area contributed by atoms with E-state index in [-0.39, 0.29) is 34.4 Å². The van der Waals surface area contributed by atoms with Crippen LogP contribution in [-0.2, 0) is 14.9 Å². The molecule has 0 spiro atoms. The van der Waals surface area contributed by atoms with Crippen molar-refractivity contribution in [3.05, 3.63) is 77.2 Å². The van der Waals surface area contributed by atoms with Crippen LogP contribution in [0.4, 0.5) is 0 Å². The fourth-order valence-corrected chi connectivity index (χ4v) is 5.30. The predicted molar refractivity (Wildman–Crippen MR) is 178 cm³/mol. The zero-order valence-electron chi connectivity index (χ0n) is 23.6. The van der Waals surface area contributed by atoms with Gasteiger partial charge in [0.25, 0.3) is 0 Å². The Morgan fingerprint density at radius 3 is 1.50 bits per heavy atom. The molecule has 40 heavy (non-hydrogen) atoms. The van der Waals surface area contributed by atoms with E-state index in [2.05, 4.69) is 80.9 Å². The molecular weight excluding hydrogens is 537 g/mol. The minimum Gasteiger partial charge on any atom is -0.393 e. The standard InChI is InChI=1S/C16H15NO.C7H11NO2S2.C7H16.3CH4/c1-11(2)18-17-16-14-9-5-3-7-12(14)13-8-4-6-10-15(13)16;1-6(2)8-12(9,10)7-4-3-5-11-7;1-6(2)7(3,4)5;;;/h3-11H,1-2H3;3-6,8H,1-2H3;6H,1-5H3;3*1H4. The first kappa shape index (κ1) is 39.7. The Hall–Kier alpha value is -2.48. The second kappa shape index (κ2) is 17.4. The van der Waals surface area contributed by atoms with Crippen LogP contribution in [0.5, 0.6) is 0 Å². The summed E-state index contributed by atoms with van der Waals surface area (Å²) in [6.45, 7) is 18.8. The summed E-state index contributed by atoms with van der Waals surface area (Å²) in [6, 6.07) is 19.9. The summed E-state index contributed by atoms with van der Waals surface area (Å²) in [6.07, 6.45) is 0.0948. The Morgan fingerprint density at radius 2 is 1.18 bits per heavy atom. The van der Waals surface area contributed by atoms with E-state index in [1.165, 1.54) is 22.5 Å². The summed E-state index contributed by atoms with van der Waals surface area (Å²) < 4.78 is 25.7. The molecule has 1 N–H and O–H groups in total. The maximum atomic E-state index is 11.4. The Kier molecular flexibility index (Phi) is 17.2. The highest BCUT2D eigenvalue weighted by molar-refractivity contribution is 7.91. The van der Waals surface area contributed by atoms with E-state index in [0.717, 1.165) is 22.8 Å². The van der Waals surface area contributed by atoms with Crippen LogP contribution in [0, 0.1) is 11.3 Å². The zero-order valence-corrected chi connectivity index (χ0v) is 25.2. The molecule has 0 aliphatic heterocycles. The lowest BCUT2D eigenvalue weighted by molar-refractivity contribution is 0.0863. The van der Waals surface area contributed by atoms with Crippen molar-refractivity contribution in [1.82, 2.24) is 4.72 Å². The first-order valence-electron chi connectivity index (χ1n) is 12.7. The van der Waals surface area contributed by atoms with Gasteiger partial charge in [-0.05, 0) is 61.6 Å². The van der Waals surface area contributed by atoms with Crippen LogP contribution >= 0.6 is 11.3 Å². The lowest BCUT2D eigenvalue weighted by Crippen LogP contribution is -2.29. The molecule has 3 aromatic rings. The number of thiophene rings is 1. The molecule has 0 unspecified atom stereocenters. The fourth-order valence-electron chi connectivity index (χ4n) is 3.04. The predicted octanol–water partition coefficient (Wildman–Crippen LogP) is 9.88. The number of benzene rings is 2. The third kappa shape index (κ3) is 11.6. The normalized spacial score (nSPS) is 11.4. The molecule has 7 heteroatoms. The number of rotatable bonds is 5. The molecule has 0 amide bonds. The first-order chi connectivity index (χ1) is 17.2. The number of oxime groups is 1. The largest absolute Gasteiger partial charge is 0.393 e. The van der Waals surface area contributed by atoms with Gasteiger partial charge in [0.1, 0.15) is 16.0 Å². The van der Waals surface area contributed by atoms with Crippen molar-refractivity contribution in [3.8, 4) is 11.1 Å². The molecule has 0 saturated heterocycles. The lowest BCUT2D eigenvalue weighted by Gasteiger charge is -2.22. The Balaban J connectivity index is 0. The molecule has 0 fully saturated rings. The molecule has 5 nitrogen and oxygen atoms in total. The van der Waals surface area contributed by atoms with Crippen molar-refractivity contribution < 1.29 is 13.3 Å². The van der Waals surface area contributed by atoms with Crippen LogP contribution in [0.15, 0.2) is 75.4 Å². The number of hydrogen-bond donors (Lipinski definition) is 1. The minimum absolute atomic E-state index is 0. The van der Waals surface area contributed by atoms with Gasteiger partial charge in [-0.25, -0.2) is 13.1 Å². The van der Waals surface area contributed by atoms with Gasteiger partial charge in [0, 0.05) is 17.2 Å². The monoisotopic (exact) mass is 590 g/mol. The number of nitrogens with one attached hydrogen (secondary N) is 1. The first-order valence-corrected chi connectivity index (χ1v) is 15.1. The summed E-state index contributed by atoms with van der Waals surface area (Å²) in [7, 11) is -3.25. The van der Waals surface area contributed by atoms with Gasteiger partial charge >= 0.3 is 0 Å². The van der Waals surface area contributed by atoms with Gasteiger partial charge < -0.3 is 4.84 Å². The lowest BCUT2D eigenvalue weighted by atomic mass is 9.84. The molecular formula is C33H54N2O3S2. The minimum atomic E-state index is -3.25. The molecule has 1 heterocycles. The highest BCUT2D eigenvalue weighted by Gasteiger charge is 2.24. The molecule has 4 rings (SSSR count). The van der Waals surface area contributed by atoms with Gasteiger partial charge in [-0.1, -0.05) is 117 Å². The average Bonchev–Trinajstić information content (AvgIpc) is 3.45. The van der Waals surface area contributed by atoms with Crippen LogP contribution in [0.2, 0.25) is 0 Å². The summed E-state index contributed by atoms with van der Waals surface area (Å²) in [4.78, 5) is 5.43. The molecule has 1 aromatic heterocycles. The van der Waals surface area contributed by atoms with Crippen molar-refractivity contribution in [3.63, 3.8) is 0 Å². The highest BCUT2D eigenvalue weighted by Crippen LogP contribution is 2.36. The summed E-state index contributed by atoms with van der Waals surface area (Å²) >= 11 is 1.22. The van der Waals surface area contributed by atoms with Crippen molar-refractivity contribution in [2.24, 2.45) is 16.5 Å². The van der Waals surface area contributed by atoms with E-state index in [9.17, 15) is 8.42 Å². The van der Waals surface area contributed by atoms with E-state index in [0.29, 0.717) is 9.62 Å². The number of hydrogen-bond acceptors (Lipinski definition) is 5. The quantitative estimate of drug-likeness (QED) is 0.235. The Bertz CT molecular complexity index is 1210. The summed E-state index contributed by atoms with van der Waals surface area (Å²) in [5.41, 5.74) is 6.21. The second-order valence-corrected chi connectivity index (χ2v) is 13.8. The smallest absolute Gasteiger partial charge is 0.250 e. The van der Waals surface area contributed by atoms with Crippen LogP contribution in [0.1, 0.15) is 95.7 Å². The maximum Gasteiger partial charge on any atom is 0.250 e. The van der Waals surface area contributed by atoms with Crippen LogP contribution in [0.3, 0.4) is 0 Å². The molecule has 0 atom stereocenters. The van der Waals surface area contributed by atoms with Gasteiger partial charge in [0.15, 0.2) is 0 Å². The van der Waals surface area contributed by atoms with E-state index in [4.69, 9.17) is 4.84 Å². The van der Waals surface area contributed by atoms with E-state index < -0.39 is 10.0 Å². The van der Waals surface area contributed by atoms with Gasteiger partial charge in [0.2, 0.25) is 10.0 Å². The molecule has 0 bridgehead atoms. The van der Waals surface area contributed by atoms with Crippen molar-refractivity contribution in [1.29, 1.82) is 0 Å². The van der Waals surface area contributed by atoms with Crippen LogP contribution < -0.4 is 4.72 Å². The van der Waals surface area contributed by atoms with Crippen LogP contribution in [0.25, 0.3) is 11.1 Å². The van der Waals surface area contributed by atoms with Crippen molar-refractivity contribution in [2.45, 2.75) is 101 Å². The SMILES string of the molecule is C.C.C.CC(C)C(C)(C)C.CC(C)NS(=O)(=O)c1cccs1.CC(C)ON=C1c2ccccc2-c2ccccc21. The Labute approximate surface area is 250 Å². The van der Waals surface area contributed by atoms with Gasteiger partial charge in [-0.2, -0.15) is 0 Å². The average molecular weight is 591 g/mol. The third-order valence-corrected chi connectivity index (χ3v) is 8.95. The molecule has 1 aliphatic carbocycles. The molecule has 1 aliphatic rings. The fraction of sp³-hybridized carbons (Fsp3) is 0.485. The number of sulfonamides is 1. The van der Waals surface area contributed by atoms with E-state index in [1.54, 1.807) is 31.4 Å². The molecule has 0 radical (unpaired) electrons. The van der Waals surface area contributed by atoms with Gasteiger partial charge in [-0.3, -0.25) is 0 Å². The maximum absolute atomic E-state index is 11.4. The zero-order chi connectivity index (χ0) is 27.8. The number of fused-ring (bicyclic) bond motifs is 3. The molecule has 0 saturated carbocycles. The van der Waals surface area contributed by atoms with Crippen molar-refractivity contribution >= 4 is 27.1 Å². The topological polar surface area (TPSA) is 67.8 Å². The third-order valence-electron chi connectivity index (χ3n) is 5.89. The summed E-state index contributed by atoms with van der Waals surface area (Å²) in [5, 5.41) is 6.07. The summed E-state index contributed by atoms with van der Waals surface area (Å²) in [5.74, 6) is 0.799. The second-order valence-electron chi connectivity index (χ2n) is 10.9. The van der Waals surface area contributed by atoms with Gasteiger partial charge in [0.05, 0.1) is 0 Å². The van der Waals surface area contributed by atoms with Gasteiger partial charge in [-0.15, -0.1) is 11.3 Å². The van der Waals surface area contributed by atoms with E-state index in [1.807, 2.05) is 26.0 Å². The number of nitrogens with zero attached hydrogens (tertiary/aromatic N) is 1. The molecule has 2 aromatic carbocycles. The van der Waals surface area contributed by atoms with E-state index >= 15 is 0 Å². The highest BCUT2D eigenvalue weighted by atomic mass is 32.2. The Morgan fingerprint density at radius 1 is 0.750 bits per heavy atom.